The first-order chi connectivity index (χ1) is 14.2. The smallest absolute Gasteiger partial charge is 0.353 e. The van der Waals surface area contributed by atoms with E-state index in [0.29, 0.717) is 5.82 Å². The Kier molecular flexibility index (Phi) is 5.02. The molecule has 0 bridgehead atoms. The molecule has 7 nitrogen and oxygen atoms in total. The number of aromatic nitrogens is 2. The molecule has 0 spiro atoms. The molecule has 2 aromatic carbocycles. The fraction of sp³-hybridized carbons (Fsp3) is 0.300. The number of alkyl halides is 3. The fourth-order valence-corrected chi connectivity index (χ4v) is 3.46. The Morgan fingerprint density at radius 3 is 2.50 bits per heavy atom. The molecule has 30 heavy (non-hydrogen) atoms. The van der Waals surface area contributed by atoms with Crippen LogP contribution in [0, 0.1) is 10.1 Å². The van der Waals surface area contributed by atoms with E-state index < -0.39 is 16.7 Å². The second-order valence-corrected chi connectivity index (χ2v) is 7.22. The Labute approximate surface area is 169 Å². The number of fused-ring (bicyclic) bond motifs is 1. The first kappa shape index (κ1) is 20.0. The van der Waals surface area contributed by atoms with Crippen LogP contribution >= 0.6 is 0 Å². The third-order valence-electron chi connectivity index (χ3n) is 5.16. The van der Waals surface area contributed by atoms with Crippen LogP contribution in [0.3, 0.4) is 0 Å². The Bertz CT molecular complexity index is 1110. The number of nitro groups is 1. The van der Waals surface area contributed by atoms with Crippen LogP contribution in [0.25, 0.3) is 22.2 Å². The SMILES string of the molecule is CN1CCN(c2cnc3cc(C(F)(F)F)cc(-c4cccc([N+](=O)[O-])c4)c3n2)CC1. The number of hydrogen-bond donors (Lipinski definition) is 0. The summed E-state index contributed by atoms with van der Waals surface area (Å²) in [5.74, 6) is 0.571. The summed E-state index contributed by atoms with van der Waals surface area (Å²) in [5.41, 5.74) is -0.277. The van der Waals surface area contributed by atoms with Gasteiger partial charge >= 0.3 is 6.18 Å². The van der Waals surface area contributed by atoms with Crippen LogP contribution in [0.2, 0.25) is 0 Å². The van der Waals surface area contributed by atoms with Crippen LogP contribution in [-0.4, -0.2) is 53.0 Å². The number of likely N-dealkylation sites (N-methyl/N-ethyl adjacent to an activating group) is 1. The first-order valence-corrected chi connectivity index (χ1v) is 9.29. The molecule has 0 N–H and O–H groups in total. The quantitative estimate of drug-likeness (QED) is 0.474. The van der Waals surface area contributed by atoms with Gasteiger partial charge in [-0.05, 0) is 24.7 Å². The lowest BCUT2D eigenvalue weighted by molar-refractivity contribution is -0.384. The lowest BCUT2D eigenvalue weighted by atomic mass is 10.00. The number of benzene rings is 2. The predicted octanol–water partition coefficient (Wildman–Crippen LogP) is 3.98. The number of hydrogen-bond acceptors (Lipinski definition) is 6. The van der Waals surface area contributed by atoms with Crippen molar-refractivity contribution in [2.75, 3.05) is 38.1 Å². The molecule has 1 aliphatic rings. The molecule has 0 atom stereocenters. The van der Waals surface area contributed by atoms with E-state index in [-0.39, 0.29) is 27.8 Å². The van der Waals surface area contributed by atoms with Gasteiger partial charge in [0.1, 0.15) is 5.82 Å². The molecule has 1 fully saturated rings. The topological polar surface area (TPSA) is 75.4 Å². The lowest BCUT2D eigenvalue weighted by Crippen LogP contribution is -2.44. The molecule has 2 heterocycles. The van der Waals surface area contributed by atoms with Gasteiger partial charge in [-0.25, -0.2) is 4.98 Å². The maximum absolute atomic E-state index is 13.5. The van der Waals surface area contributed by atoms with Crippen molar-refractivity contribution in [3.05, 3.63) is 58.3 Å². The summed E-state index contributed by atoms with van der Waals surface area (Å²) in [6, 6.07) is 7.45. The van der Waals surface area contributed by atoms with E-state index in [1.165, 1.54) is 30.5 Å². The summed E-state index contributed by atoms with van der Waals surface area (Å²) in [4.78, 5) is 23.6. The molecular weight excluding hydrogens is 399 g/mol. The molecule has 10 heteroatoms. The zero-order valence-corrected chi connectivity index (χ0v) is 16.1. The van der Waals surface area contributed by atoms with Gasteiger partial charge in [0.05, 0.1) is 27.7 Å². The van der Waals surface area contributed by atoms with E-state index in [1.54, 1.807) is 0 Å². The summed E-state index contributed by atoms with van der Waals surface area (Å²) in [5, 5.41) is 11.1. The van der Waals surface area contributed by atoms with Crippen molar-refractivity contribution in [1.29, 1.82) is 0 Å². The van der Waals surface area contributed by atoms with Crippen LogP contribution in [0.1, 0.15) is 5.56 Å². The van der Waals surface area contributed by atoms with E-state index >= 15 is 0 Å². The Hall–Kier alpha value is -3.27. The molecular formula is C20H18F3N5O2. The van der Waals surface area contributed by atoms with Gasteiger partial charge in [-0.3, -0.25) is 15.1 Å². The molecule has 156 valence electrons. The van der Waals surface area contributed by atoms with Gasteiger partial charge in [0.2, 0.25) is 0 Å². The maximum atomic E-state index is 13.5. The van der Waals surface area contributed by atoms with Crippen LogP contribution in [0.15, 0.2) is 42.6 Å². The molecule has 1 aromatic heterocycles. The second kappa shape index (κ2) is 7.52. The lowest BCUT2D eigenvalue weighted by Gasteiger charge is -2.33. The average Bonchev–Trinajstić information content (AvgIpc) is 2.72. The van der Waals surface area contributed by atoms with Gasteiger partial charge in [-0.2, -0.15) is 13.2 Å². The van der Waals surface area contributed by atoms with Gasteiger partial charge in [-0.1, -0.05) is 12.1 Å². The van der Waals surface area contributed by atoms with E-state index in [1.807, 2.05) is 11.9 Å². The molecule has 4 rings (SSSR count). The van der Waals surface area contributed by atoms with Crippen molar-refractivity contribution in [3.63, 3.8) is 0 Å². The number of nitrogens with zero attached hydrogens (tertiary/aromatic N) is 5. The molecule has 0 unspecified atom stereocenters. The Morgan fingerprint density at radius 2 is 1.83 bits per heavy atom. The van der Waals surface area contributed by atoms with Crippen molar-refractivity contribution >= 4 is 22.5 Å². The summed E-state index contributed by atoms with van der Waals surface area (Å²) in [7, 11) is 2.02. The van der Waals surface area contributed by atoms with Gasteiger partial charge in [0.25, 0.3) is 5.69 Å². The number of non-ortho nitro benzene ring substituents is 1. The molecule has 0 aliphatic carbocycles. The van der Waals surface area contributed by atoms with E-state index in [0.717, 1.165) is 38.3 Å². The summed E-state index contributed by atoms with van der Waals surface area (Å²) < 4.78 is 40.4. The summed E-state index contributed by atoms with van der Waals surface area (Å²) in [6.45, 7) is 3.13. The molecule has 3 aromatic rings. The van der Waals surface area contributed by atoms with Gasteiger partial charge < -0.3 is 9.80 Å². The largest absolute Gasteiger partial charge is 0.416 e. The average molecular weight is 417 g/mol. The maximum Gasteiger partial charge on any atom is 0.416 e. The number of anilines is 1. The highest BCUT2D eigenvalue weighted by Crippen LogP contribution is 2.37. The summed E-state index contributed by atoms with van der Waals surface area (Å²) >= 11 is 0. The number of rotatable bonds is 3. The minimum Gasteiger partial charge on any atom is -0.353 e. The van der Waals surface area contributed by atoms with Crippen molar-refractivity contribution in [2.24, 2.45) is 0 Å². The number of piperazine rings is 1. The fourth-order valence-electron chi connectivity index (χ4n) is 3.46. The van der Waals surface area contributed by atoms with Gasteiger partial charge in [0.15, 0.2) is 0 Å². The third-order valence-corrected chi connectivity index (χ3v) is 5.16. The minimum absolute atomic E-state index is 0.0872. The van der Waals surface area contributed by atoms with E-state index in [9.17, 15) is 23.3 Å². The van der Waals surface area contributed by atoms with Crippen LogP contribution in [-0.2, 0) is 6.18 Å². The summed E-state index contributed by atoms with van der Waals surface area (Å²) in [6.07, 6.45) is -3.10. The Morgan fingerprint density at radius 1 is 1.10 bits per heavy atom. The molecule has 1 aliphatic heterocycles. The van der Waals surface area contributed by atoms with Crippen molar-refractivity contribution in [2.45, 2.75) is 6.18 Å². The molecule has 0 amide bonds. The van der Waals surface area contributed by atoms with Crippen LogP contribution in [0.4, 0.5) is 24.7 Å². The predicted molar refractivity (Wildman–Crippen MR) is 106 cm³/mol. The highest BCUT2D eigenvalue weighted by atomic mass is 19.4. The van der Waals surface area contributed by atoms with Gasteiger partial charge in [0, 0.05) is 43.9 Å². The van der Waals surface area contributed by atoms with Crippen molar-refractivity contribution < 1.29 is 18.1 Å². The normalized spacial score (nSPS) is 15.5. The van der Waals surface area contributed by atoms with E-state index in [2.05, 4.69) is 14.9 Å². The Balaban J connectivity index is 1.89. The van der Waals surface area contributed by atoms with Gasteiger partial charge in [-0.15, -0.1) is 0 Å². The monoisotopic (exact) mass is 417 g/mol. The highest BCUT2D eigenvalue weighted by Gasteiger charge is 2.32. The molecule has 0 saturated carbocycles. The van der Waals surface area contributed by atoms with Crippen molar-refractivity contribution in [1.82, 2.24) is 14.9 Å². The first-order valence-electron chi connectivity index (χ1n) is 9.29. The van der Waals surface area contributed by atoms with Crippen LogP contribution < -0.4 is 4.90 Å². The van der Waals surface area contributed by atoms with E-state index in [4.69, 9.17) is 0 Å². The third kappa shape index (κ3) is 3.90. The molecule has 0 radical (unpaired) electrons. The van der Waals surface area contributed by atoms with Crippen molar-refractivity contribution in [3.8, 4) is 11.1 Å². The zero-order valence-electron chi connectivity index (χ0n) is 16.1. The second-order valence-electron chi connectivity index (χ2n) is 7.22. The highest BCUT2D eigenvalue weighted by molar-refractivity contribution is 5.93. The number of halogens is 3. The standard InChI is InChI=1S/C20H18F3N5O2/c1-26-5-7-27(8-6-26)18-12-24-17-11-14(20(21,22)23)10-16(19(17)25-18)13-3-2-4-15(9-13)28(29)30/h2-4,9-12H,5-8H2,1H3. The molecule has 1 saturated heterocycles. The van der Waals surface area contributed by atoms with Crippen LogP contribution in [0.5, 0.6) is 0 Å². The zero-order chi connectivity index (χ0) is 21.5. The minimum atomic E-state index is -4.58. The number of nitro benzene ring substituents is 1.